The normalized spacial score (nSPS) is 21.9. The lowest BCUT2D eigenvalue weighted by Gasteiger charge is -2.22. The number of carbonyl (C=O) groups is 1. The molecule has 0 fully saturated rings. The van der Waals surface area contributed by atoms with E-state index < -0.39 is 5.60 Å². The first-order chi connectivity index (χ1) is 6.94. The van der Waals surface area contributed by atoms with Crippen LogP contribution in [0.4, 0.5) is 0 Å². The van der Waals surface area contributed by atoms with Gasteiger partial charge in [0.15, 0.2) is 0 Å². The van der Waals surface area contributed by atoms with Crippen molar-refractivity contribution in [2.45, 2.75) is 39.4 Å². The van der Waals surface area contributed by atoms with Crippen molar-refractivity contribution in [1.29, 1.82) is 0 Å². The third-order valence-corrected chi connectivity index (χ3v) is 1.93. The summed E-state index contributed by atoms with van der Waals surface area (Å²) in [6.45, 7) is 7.93. The predicted octanol–water partition coefficient (Wildman–Crippen LogP) is 2.23. The van der Waals surface area contributed by atoms with Crippen LogP contribution < -0.4 is 0 Å². The summed E-state index contributed by atoms with van der Waals surface area (Å²) in [5.41, 5.74) is 0.104. The highest BCUT2D eigenvalue weighted by Gasteiger charge is 2.25. The Labute approximate surface area is 90.8 Å². The van der Waals surface area contributed by atoms with E-state index in [2.05, 4.69) is 0 Å². The van der Waals surface area contributed by atoms with E-state index in [1.807, 2.05) is 39.8 Å². The van der Waals surface area contributed by atoms with Crippen LogP contribution in [0.2, 0.25) is 0 Å². The molecule has 1 heterocycles. The average Bonchev–Trinajstić information content (AvgIpc) is 2.54. The van der Waals surface area contributed by atoms with E-state index in [4.69, 9.17) is 9.47 Å². The minimum absolute atomic E-state index is 0.246. The SMILES string of the molecule is C/C=C(/C(=O)OC(C)(C)C)C1C=CCO1. The molecule has 0 aromatic carbocycles. The van der Waals surface area contributed by atoms with Gasteiger partial charge in [-0.25, -0.2) is 4.79 Å². The zero-order valence-corrected chi connectivity index (χ0v) is 9.74. The molecule has 0 saturated heterocycles. The van der Waals surface area contributed by atoms with Gasteiger partial charge in [-0.05, 0) is 27.7 Å². The second-order valence-corrected chi connectivity index (χ2v) is 4.43. The van der Waals surface area contributed by atoms with Crippen molar-refractivity contribution in [3.63, 3.8) is 0 Å². The molecule has 3 heteroatoms. The maximum absolute atomic E-state index is 11.8. The standard InChI is InChI=1S/C12H18O3/c1-5-9(10-7-6-8-14-10)11(13)15-12(2,3)4/h5-7,10H,8H2,1-4H3/b9-5+. The number of rotatable bonds is 2. The molecule has 0 aliphatic carbocycles. The molecule has 0 aromatic rings. The molecule has 1 rings (SSSR count). The fourth-order valence-corrected chi connectivity index (χ4v) is 1.32. The lowest BCUT2D eigenvalue weighted by Crippen LogP contribution is -2.28. The van der Waals surface area contributed by atoms with Gasteiger partial charge >= 0.3 is 5.97 Å². The third-order valence-electron chi connectivity index (χ3n) is 1.93. The Morgan fingerprint density at radius 2 is 2.20 bits per heavy atom. The number of carbonyl (C=O) groups excluding carboxylic acids is 1. The van der Waals surface area contributed by atoms with Crippen LogP contribution in [-0.4, -0.2) is 24.3 Å². The molecular weight excluding hydrogens is 192 g/mol. The summed E-state index contributed by atoms with van der Waals surface area (Å²) in [5, 5.41) is 0. The molecule has 1 aliphatic rings. The Balaban J connectivity index is 2.67. The van der Waals surface area contributed by atoms with E-state index in [0.717, 1.165) is 0 Å². The molecule has 0 aromatic heterocycles. The van der Waals surface area contributed by atoms with Crippen LogP contribution in [0.3, 0.4) is 0 Å². The molecule has 1 aliphatic heterocycles. The van der Waals surface area contributed by atoms with Crippen molar-refractivity contribution < 1.29 is 14.3 Å². The Bertz CT molecular complexity index is 294. The monoisotopic (exact) mass is 210 g/mol. The highest BCUT2D eigenvalue weighted by molar-refractivity contribution is 5.90. The smallest absolute Gasteiger partial charge is 0.337 e. The lowest BCUT2D eigenvalue weighted by molar-refractivity contribution is -0.151. The second kappa shape index (κ2) is 4.62. The van der Waals surface area contributed by atoms with E-state index in [0.29, 0.717) is 12.2 Å². The molecule has 3 nitrogen and oxygen atoms in total. The second-order valence-electron chi connectivity index (χ2n) is 4.43. The van der Waals surface area contributed by atoms with Crippen molar-refractivity contribution >= 4 is 5.97 Å². The van der Waals surface area contributed by atoms with Gasteiger partial charge in [0.2, 0.25) is 0 Å². The maximum atomic E-state index is 11.8. The molecule has 84 valence electrons. The van der Waals surface area contributed by atoms with E-state index in [-0.39, 0.29) is 12.1 Å². The van der Waals surface area contributed by atoms with Crippen molar-refractivity contribution in [2.24, 2.45) is 0 Å². The molecule has 15 heavy (non-hydrogen) atoms. The van der Waals surface area contributed by atoms with Crippen LogP contribution in [-0.2, 0) is 14.3 Å². The van der Waals surface area contributed by atoms with Crippen molar-refractivity contribution in [3.8, 4) is 0 Å². The highest BCUT2D eigenvalue weighted by Crippen LogP contribution is 2.18. The Morgan fingerprint density at radius 1 is 1.53 bits per heavy atom. The van der Waals surface area contributed by atoms with Crippen LogP contribution in [0.15, 0.2) is 23.8 Å². The average molecular weight is 210 g/mol. The van der Waals surface area contributed by atoms with Gasteiger partial charge < -0.3 is 9.47 Å². The highest BCUT2D eigenvalue weighted by atomic mass is 16.6. The van der Waals surface area contributed by atoms with Crippen LogP contribution in [0.25, 0.3) is 0 Å². The summed E-state index contributed by atoms with van der Waals surface area (Å²) in [6, 6.07) is 0. The quantitative estimate of drug-likeness (QED) is 0.398. The third kappa shape index (κ3) is 3.51. The fraction of sp³-hybridized carbons (Fsp3) is 0.583. The van der Waals surface area contributed by atoms with E-state index in [1.165, 1.54) is 0 Å². The summed E-state index contributed by atoms with van der Waals surface area (Å²) in [6.07, 6.45) is 5.27. The van der Waals surface area contributed by atoms with Gasteiger partial charge in [0, 0.05) is 0 Å². The predicted molar refractivity (Wildman–Crippen MR) is 58.5 cm³/mol. The number of allylic oxidation sites excluding steroid dienone is 1. The first kappa shape index (κ1) is 12.0. The number of hydrogen-bond acceptors (Lipinski definition) is 3. The first-order valence-electron chi connectivity index (χ1n) is 5.12. The Morgan fingerprint density at radius 3 is 2.60 bits per heavy atom. The maximum Gasteiger partial charge on any atom is 0.337 e. The van der Waals surface area contributed by atoms with Crippen molar-refractivity contribution in [3.05, 3.63) is 23.8 Å². The first-order valence-corrected chi connectivity index (χ1v) is 5.12. The molecule has 1 atom stereocenters. The van der Waals surface area contributed by atoms with Gasteiger partial charge in [-0.15, -0.1) is 0 Å². The molecule has 0 bridgehead atoms. The van der Waals surface area contributed by atoms with E-state index in [9.17, 15) is 4.79 Å². The van der Waals surface area contributed by atoms with Gasteiger partial charge in [-0.1, -0.05) is 18.2 Å². The summed E-state index contributed by atoms with van der Waals surface area (Å²) in [5.74, 6) is -0.304. The minimum atomic E-state index is -0.465. The minimum Gasteiger partial charge on any atom is -0.457 e. The van der Waals surface area contributed by atoms with Gasteiger partial charge in [0.05, 0.1) is 12.2 Å². The molecule has 0 saturated carbocycles. The number of esters is 1. The zero-order valence-electron chi connectivity index (χ0n) is 9.74. The van der Waals surface area contributed by atoms with Gasteiger partial charge in [-0.3, -0.25) is 0 Å². The van der Waals surface area contributed by atoms with Crippen LogP contribution >= 0.6 is 0 Å². The zero-order chi connectivity index (χ0) is 11.5. The van der Waals surface area contributed by atoms with Crippen LogP contribution in [0.5, 0.6) is 0 Å². The number of hydrogen-bond donors (Lipinski definition) is 0. The molecule has 0 spiro atoms. The van der Waals surface area contributed by atoms with Crippen LogP contribution in [0, 0.1) is 0 Å². The Hall–Kier alpha value is -1.09. The van der Waals surface area contributed by atoms with Crippen molar-refractivity contribution in [1.82, 2.24) is 0 Å². The molecule has 0 amide bonds. The van der Waals surface area contributed by atoms with Crippen molar-refractivity contribution in [2.75, 3.05) is 6.61 Å². The lowest BCUT2D eigenvalue weighted by atomic mass is 10.1. The topological polar surface area (TPSA) is 35.5 Å². The van der Waals surface area contributed by atoms with Gasteiger partial charge in [0.25, 0.3) is 0 Å². The van der Waals surface area contributed by atoms with E-state index >= 15 is 0 Å². The molecule has 1 unspecified atom stereocenters. The van der Waals surface area contributed by atoms with Gasteiger partial charge in [0.1, 0.15) is 11.7 Å². The Kier molecular flexibility index (Phi) is 3.69. The van der Waals surface area contributed by atoms with E-state index in [1.54, 1.807) is 6.08 Å². The number of ether oxygens (including phenoxy) is 2. The summed E-state index contributed by atoms with van der Waals surface area (Å²) in [4.78, 5) is 11.8. The molecule has 0 radical (unpaired) electrons. The summed E-state index contributed by atoms with van der Waals surface area (Å²) < 4.78 is 10.6. The largest absolute Gasteiger partial charge is 0.457 e. The van der Waals surface area contributed by atoms with Crippen LogP contribution in [0.1, 0.15) is 27.7 Å². The molecular formula is C12H18O3. The molecule has 0 N–H and O–H groups in total. The summed E-state index contributed by atoms with van der Waals surface area (Å²) >= 11 is 0. The summed E-state index contributed by atoms with van der Waals surface area (Å²) in [7, 11) is 0. The van der Waals surface area contributed by atoms with Gasteiger partial charge in [-0.2, -0.15) is 0 Å². The fourth-order valence-electron chi connectivity index (χ4n) is 1.32.